The monoisotopic (exact) mass is 249 g/mol. The third-order valence-electron chi connectivity index (χ3n) is 4.31. The van der Waals surface area contributed by atoms with Crippen molar-refractivity contribution in [1.29, 1.82) is 0 Å². The van der Waals surface area contributed by atoms with E-state index >= 15 is 0 Å². The van der Waals surface area contributed by atoms with E-state index < -0.39 is 0 Å². The summed E-state index contributed by atoms with van der Waals surface area (Å²) in [4.78, 5) is 0. The third-order valence-corrected chi connectivity index (χ3v) is 4.31. The summed E-state index contributed by atoms with van der Waals surface area (Å²) in [6.07, 6.45) is 12.7. The molecule has 3 rings (SSSR count). The molecule has 0 radical (unpaired) electrons. The van der Waals surface area contributed by atoms with E-state index in [0.29, 0.717) is 0 Å². The maximum Gasteiger partial charge on any atom is 0.0558 e. The Morgan fingerprint density at radius 3 is 2.58 bits per heavy atom. The molecule has 1 atom stereocenters. The van der Waals surface area contributed by atoms with Crippen molar-refractivity contribution in [3.63, 3.8) is 0 Å². The summed E-state index contributed by atoms with van der Waals surface area (Å²) >= 11 is 0. The zero-order chi connectivity index (χ0) is 13.6. The van der Waals surface area contributed by atoms with Gasteiger partial charge in [0.1, 0.15) is 0 Å². The van der Waals surface area contributed by atoms with Crippen molar-refractivity contribution in [1.82, 2.24) is 0 Å². The number of fused-ring (bicyclic) bond motifs is 3. The minimum absolute atomic E-state index is 0.0183. The van der Waals surface area contributed by atoms with E-state index in [0.717, 1.165) is 0 Å². The number of allylic oxidation sites excluding steroid dienone is 4. The second-order valence-corrected chi connectivity index (χ2v) is 5.39. The van der Waals surface area contributed by atoms with E-state index in [2.05, 4.69) is 63.3 Å². The van der Waals surface area contributed by atoms with Crippen molar-refractivity contribution < 1.29 is 0 Å². The molecule has 2 aliphatic carbocycles. The summed E-state index contributed by atoms with van der Waals surface area (Å²) in [5, 5.41) is 2.61. The molecular weight excluding hydrogens is 230 g/mol. The SMILES string of the molecule is Cc1cc2c(c(C)c1C)=CC1=CC=CC=CC=2C1N. The Balaban J connectivity index is 2.54. The lowest BCUT2D eigenvalue weighted by Gasteiger charge is -2.22. The smallest absolute Gasteiger partial charge is 0.0558 e. The van der Waals surface area contributed by atoms with Crippen molar-refractivity contribution >= 4 is 11.6 Å². The van der Waals surface area contributed by atoms with Gasteiger partial charge in [-0.3, -0.25) is 0 Å². The Morgan fingerprint density at radius 2 is 1.79 bits per heavy atom. The van der Waals surface area contributed by atoms with Crippen LogP contribution in [0.15, 0.2) is 42.0 Å². The fraction of sp³-hybridized carbons (Fsp3) is 0.222. The third kappa shape index (κ3) is 1.82. The van der Waals surface area contributed by atoms with Crippen LogP contribution < -0.4 is 16.2 Å². The maximum atomic E-state index is 6.39. The summed E-state index contributed by atoms with van der Waals surface area (Å²) in [7, 11) is 0. The Morgan fingerprint density at radius 1 is 1.00 bits per heavy atom. The van der Waals surface area contributed by atoms with Gasteiger partial charge < -0.3 is 5.73 Å². The van der Waals surface area contributed by atoms with Gasteiger partial charge in [0, 0.05) is 0 Å². The van der Waals surface area contributed by atoms with Crippen molar-refractivity contribution in [3.8, 4) is 0 Å². The molecule has 0 aromatic heterocycles. The molecule has 1 aromatic rings. The Hall–Kier alpha value is -1.86. The molecule has 0 saturated heterocycles. The highest BCUT2D eigenvalue weighted by Gasteiger charge is 2.18. The van der Waals surface area contributed by atoms with Crippen LogP contribution in [0.3, 0.4) is 0 Å². The topological polar surface area (TPSA) is 26.0 Å². The summed E-state index contributed by atoms with van der Waals surface area (Å²) in [5.74, 6) is 0. The van der Waals surface area contributed by atoms with Gasteiger partial charge in [0.25, 0.3) is 0 Å². The first kappa shape index (κ1) is 12.2. The maximum absolute atomic E-state index is 6.39. The number of benzene rings is 1. The standard InChI is InChI=1S/C18H19N/c1-11-9-17-15-8-6-4-5-7-14(18(15)19)10-16(17)13(3)12(11)2/h4-10,18H,19H2,1-3H3. The number of hydrogen-bond acceptors (Lipinski definition) is 1. The highest BCUT2D eigenvalue weighted by atomic mass is 14.6. The van der Waals surface area contributed by atoms with E-state index in [1.165, 1.54) is 38.3 Å². The summed E-state index contributed by atoms with van der Waals surface area (Å²) in [6.45, 7) is 6.57. The minimum Gasteiger partial charge on any atom is -0.320 e. The van der Waals surface area contributed by atoms with Gasteiger partial charge in [0.2, 0.25) is 0 Å². The first-order valence-electron chi connectivity index (χ1n) is 6.73. The fourth-order valence-corrected chi connectivity index (χ4v) is 2.87. The van der Waals surface area contributed by atoms with Gasteiger partial charge in [-0.15, -0.1) is 0 Å². The van der Waals surface area contributed by atoms with Gasteiger partial charge in [-0.2, -0.15) is 0 Å². The lowest BCUT2D eigenvalue weighted by molar-refractivity contribution is 0.994. The number of rotatable bonds is 0. The molecule has 2 aliphatic rings. The molecule has 0 spiro atoms. The van der Waals surface area contributed by atoms with Gasteiger partial charge >= 0.3 is 0 Å². The molecule has 0 saturated carbocycles. The summed E-state index contributed by atoms with van der Waals surface area (Å²) in [5.41, 5.74) is 12.9. The van der Waals surface area contributed by atoms with Crippen molar-refractivity contribution in [2.75, 3.05) is 0 Å². The van der Waals surface area contributed by atoms with E-state index in [9.17, 15) is 0 Å². The predicted octanol–water partition coefficient (Wildman–Crippen LogP) is 1.94. The summed E-state index contributed by atoms with van der Waals surface area (Å²) < 4.78 is 0. The van der Waals surface area contributed by atoms with Crippen LogP contribution in [-0.4, -0.2) is 6.04 Å². The van der Waals surface area contributed by atoms with E-state index in [-0.39, 0.29) is 6.04 Å². The largest absolute Gasteiger partial charge is 0.320 e. The number of aryl methyl sites for hydroxylation is 1. The number of hydrogen-bond donors (Lipinski definition) is 1. The summed E-state index contributed by atoms with van der Waals surface area (Å²) in [6, 6.07) is 2.26. The Labute approximate surface area is 114 Å². The first-order valence-corrected chi connectivity index (χ1v) is 6.73. The van der Waals surface area contributed by atoms with Crippen LogP contribution in [0.5, 0.6) is 0 Å². The Bertz CT molecular complexity index is 758. The minimum atomic E-state index is -0.0183. The molecule has 0 amide bonds. The van der Waals surface area contributed by atoms with Gasteiger partial charge in [0.15, 0.2) is 0 Å². The van der Waals surface area contributed by atoms with Gasteiger partial charge in [-0.1, -0.05) is 36.4 Å². The van der Waals surface area contributed by atoms with Crippen LogP contribution in [0.1, 0.15) is 16.7 Å². The van der Waals surface area contributed by atoms with Gasteiger partial charge in [0.05, 0.1) is 6.04 Å². The zero-order valence-electron chi connectivity index (χ0n) is 11.7. The molecule has 96 valence electrons. The molecule has 19 heavy (non-hydrogen) atoms. The Kier molecular flexibility index (Phi) is 2.79. The van der Waals surface area contributed by atoms with Crippen LogP contribution in [0.4, 0.5) is 0 Å². The average molecular weight is 249 g/mol. The molecule has 1 aromatic carbocycles. The van der Waals surface area contributed by atoms with E-state index in [4.69, 9.17) is 5.73 Å². The molecule has 0 fully saturated rings. The van der Waals surface area contributed by atoms with Crippen LogP contribution in [0, 0.1) is 20.8 Å². The lowest BCUT2D eigenvalue weighted by atomic mass is 9.86. The quantitative estimate of drug-likeness (QED) is 0.747. The zero-order valence-corrected chi connectivity index (χ0v) is 11.7. The predicted molar refractivity (Wildman–Crippen MR) is 82.1 cm³/mol. The van der Waals surface area contributed by atoms with Crippen LogP contribution >= 0.6 is 0 Å². The van der Waals surface area contributed by atoms with Gasteiger partial charge in [-0.05, 0) is 65.1 Å². The second kappa shape index (κ2) is 4.36. The molecule has 2 bridgehead atoms. The molecule has 0 heterocycles. The van der Waals surface area contributed by atoms with E-state index in [1.807, 2.05) is 0 Å². The van der Waals surface area contributed by atoms with Crippen LogP contribution in [0.25, 0.3) is 11.6 Å². The average Bonchev–Trinajstić information content (AvgIpc) is 2.39. The van der Waals surface area contributed by atoms with Gasteiger partial charge in [-0.25, -0.2) is 0 Å². The molecule has 2 N–H and O–H groups in total. The molecular formula is C18H19N. The molecule has 1 nitrogen and oxygen atoms in total. The molecule has 1 heteroatoms. The number of nitrogens with two attached hydrogens (primary N) is 1. The highest BCUT2D eigenvalue weighted by Crippen LogP contribution is 2.19. The highest BCUT2D eigenvalue weighted by molar-refractivity contribution is 5.76. The molecule has 0 aliphatic heterocycles. The van der Waals surface area contributed by atoms with Crippen LogP contribution in [-0.2, 0) is 0 Å². The van der Waals surface area contributed by atoms with Crippen molar-refractivity contribution in [3.05, 3.63) is 69.1 Å². The molecule has 1 unspecified atom stereocenters. The normalized spacial score (nSPS) is 20.3. The fourth-order valence-electron chi connectivity index (χ4n) is 2.87. The first-order chi connectivity index (χ1) is 9.09. The second-order valence-electron chi connectivity index (χ2n) is 5.39. The lowest BCUT2D eigenvalue weighted by Crippen LogP contribution is -2.41. The van der Waals surface area contributed by atoms with Crippen molar-refractivity contribution in [2.45, 2.75) is 26.8 Å². The van der Waals surface area contributed by atoms with Crippen molar-refractivity contribution in [2.24, 2.45) is 5.73 Å². The van der Waals surface area contributed by atoms with E-state index in [1.54, 1.807) is 0 Å². The van der Waals surface area contributed by atoms with Crippen LogP contribution in [0.2, 0.25) is 0 Å².